The first-order chi connectivity index (χ1) is 6.26. The van der Waals surface area contributed by atoms with Crippen LogP contribution in [0.4, 0.5) is 0 Å². The van der Waals surface area contributed by atoms with Gasteiger partial charge in [-0.2, -0.15) is 5.26 Å². The Morgan fingerprint density at radius 3 is 2.54 bits per heavy atom. The van der Waals surface area contributed by atoms with E-state index in [4.69, 9.17) is 22.0 Å². The molecule has 1 rings (SSSR count). The van der Waals surface area contributed by atoms with Gasteiger partial charge in [-0.1, -0.05) is 23.7 Å². The van der Waals surface area contributed by atoms with Crippen LogP contribution in [0, 0.1) is 11.3 Å². The Morgan fingerprint density at radius 1 is 1.46 bits per heavy atom. The Balaban J connectivity index is 2.92. The second kappa shape index (κ2) is 4.66. The molecule has 2 nitrogen and oxygen atoms in total. The zero-order chi connectivity index (χ0) is 9.68. The average Bonchev–Trinajstić information content (AvgIpc) is 2.17. The van der Waals surface area contributed by atoms with E-state index in [0.717, 1.165) is 5.56 Å². The van der Waals surface area contributed by atoms with Crippen LogP contribution in [-0.4, -0.2) is 11.7 Å². The van der Waals surface area contributed by atoms with Crippen molar-refractivity contribution in [1.82, 2.24) is 0 Å². The van der Waals surface area contributed by atoms with Gasteiger partial charge in [-0.05, 0) is 23.8 Å². The summed E-state index contributed by atoms with van der Waals surface area (Å²) in [6.07, 6.45) is 1.62. The average molecular weight is 194 g/mol. The van der Waals surface area contributed by atoms with Gasteiger partial charge in [0, 0.05) is 5.02 Å². The number of benzene rings is 1. The highest BCUT2D eigenvalue weighted by Crippen LogP contribution is 2.11. The number of aliphatic hydroxyl groups is 1. The maximum Gasteiger partial charge on any atom is 0.0971 e. The van der Waals surface area contributed by atoms with E-state index in [9.17, 15) is 0 Å². The van der Waals surface area contributed by atoms with Crippen LogP contribution in [0.15, 0.2) is 29.8 Å². The lowest BCUT2D eigenvalue weighted by Crippen LogP contribution is -1.85. The van der Waals surface area contributed by atoms with Crippen LogP contribution in [0.25, 0.3) is 6.08 Å². The molecular formula is C10H8ClNO. The smallest absolute Gasteiger partial charge is 0.0971 e. The molecule has 0 amide bonds. The normalized spacial score (nSPS) is 11.0. The number of hydrogen-bond acceptors (Lipinski definition) is 2. The summed E-state index contributed by atoms with van der Waals surface area (Å²) in [4.78, 5) is 0. The number of rotatable bonds is 2. The molecule has 0 unspecified atom stereocenters. The second-order valence-corrected chi connectivity index (χ2v) is 2.93. The van der Waals surface area contributed by atoms with Gasteiger partial charge in [0.15, 0.2) is 0 Å². The molecule has 0 aliphatic heterocycles. The van der Waals surface area contributed by atoms with Gasteiger partial charge in [-0.25, -0.2) is 0 Å². The van der Waals surface area contributed by atoms with E-state index in [0.29, 0.717) is 10.6 Å². The minimum atomic E-state index is -0.237. The van der Waals surface area contributed by atoms with E-state index in [1.165, 1.54) is 0 Å². The Labute approximate surface area is 81.7 Å². The van der Waals surface area contributed by atoms with E-state index in [2.05, 4.69) is 0 Å². The summed E-state index contributed by atoms with van der Waals surface area (Å²) >= 11 is 5.68. The van der Waals surface area contributed by atoms with E-state index in [1.54, 1.807) is 30.3 Å². The third-order valence-corrected chi connectivity index (χ3v) is 1.78. The highest BCUT2D eigenvalue weighted by Gasteiger charge is 1.93. The SMILES string of the molecule is N#C/C(=C\c1ccc(Cl)cc1)CO. The topological polar surface area (TPSA) is 44.0 Å². The number of nitrogens with zero attached hydrogens (tertiary/aromatic N) is 1. The van der Waals surface area contributed by atoms with Crippen molar-refractivity contribution in [3.05, 3.63) is 40.4 Å². The van der Waals surface area contributed by atoms with Gasteiger partial charge in [-0.3, -0.25) is 0 Å². The molecule has 1 aromatic rings. The lowest BCUT2D eigenvalue weighted by molar-refractivity contribution is 0.337. The number of nitriles is 1. The lowest BCUT2D eigenvalue weighted by atomic mass is 10.1. The molecule has 0 spiro atoms. The van der Waals surface area contributed by atoms with Crippen LogP contribution in [0.1, 0.15) is 5.56 Å². The molecule has 0 saturated carbocycles. The van der Waals surface area contributed by atoms with E-state index < -0.39 is 0 Å². The van der Waals surface area contributed by atoms with Crippen LogP contribution >= 0.6 is 11.6 Å². The van der Waals surface area contributed by atoms with Gasteiger partial charge in [0.25, 0.3) is 0 Å². The van der Waals surface area contributed by atoms with E-state index in [1.807, 2.05) is 6.07 Å². The Hall–Kier alpha value is -1.30. The third kappa shape index (κ3) is 2.90. The van der Waals surface area contributed by atoms with Crippen LogP contribution in [0.3, 0.4) is 0 Å². The predicted octanol–water partition coefficient (Wildman–Crippen LogP) is 2.24. The van der Waals surface area contributed by atoms with Crippen molar-refractivity contribution in [1.29, 1.82) is 5.26 Å². The zero-order valence-corrected chi connectivity index (χ0v) is 7.62. The fourth-order valence-corrected chi connectivity index (χ4v) is 0.999. The third-order valence-electron chi connectivity index (χ3n) is 1.52. The molecule has 0 atom stereocenters. The maximum absolute atomic E-state index is 8.73. The predicted molar refractivity (Wildman–Crippen MR) is 52.1 cm³/mol. The molecule has 66 valence electrons. The van der Waals surface area contributed by atoms with Crippen LogP contribution in [0.2, 0.25) is 5.02 Å². The maximum atomic E-state index is 8.73. The first kappa shape index (κ1) is 9.79. The molecular weight excluding hydrogens is 186 g/mol. The summed E-state index contributed by atoms with van der Waals surface area (Å²) in [6, 6.07) is 8.94. The number of hydrogen-bond donors (Lipinski definition) is 1. The Bertz CT molecular complexity index is 348. The molecule has 0 saturated heterocycles. The second-order valence-electron chi connectivity index (χ2n) is 2.49. The fourth-order valence-electron chi connectivity index (χ4n) is 0.873. The summed E-state index contributed by atoms with van der Waals surface area (Å²) < 4.78 is 0. The highest BCUT2D eigenvalue weighted by molar-refractivity contribution is 6.30. The summed E-state index contributed by atoms with van der Waals surface area (Å²) in [7, 11) is 0. The molecule has 13 heavy (non-hydrogen) atoms. The molecule has 0 bridgehead atoms. The van der Waals surface area contributed by atoms with Gasteiger partial charge >= 0.3 is 0 Å². The molecule has 0 aliphatic carbocycles. The van der Waals surface area contributed by atoms with Crippen molar-refractivity contribution >= 4 is 17.7 Å². The van der Waals surface area contributed by atoms with Crippen LogP contribution in [-0.2, 0) is 0 Å². The molecule has 3 heteroatoms. The van der Waals surface area contributed by atoms with Crippen molar-refractivity contribution in [3.8, 4) is 6.07 Å². The van der Waals surface area contributed by atoms with Crippen molar-refractivity contribution in [2.24, 2.45) is 0 Å². The van der Waals surface area contributed by atoms with Gasteiger partial charge in [-0.15, -0.1) is 0 Å². The van der Waals surface area contributed by atoms with Gasteiger partial charge in [0.1, 0.15) is 0 Å². The van der Waals surface area contributed by atoms with Crippen LogP contribution < -0.4 is 0 Å². The molecule has 1 aromatic carbocycles. The van der Waals surface area contributed by atoms with Crippen molar-refractivity contribution in [2.45, 2.75) is 0 Å². The van der Waals surface area contributed by atoms with E-state index in [-0.39, 0.29) is 6.61 Å². The molecule has 0 aliphatic rings. The molecule has 1 N–H and O–H groups in total. The van der Waals surface area contributed by atoms with Crippen molar-refractivity contribution < 1.29 is 5.11 Å². The standard InChI is InChI=1S/C10H8ClNO/c11-10-3-1-8(2-4-10)5-9(6-12)7-13/h1-5,13H,7H2/b9-5+. The van der Waals surface area contributed by atoms with Gasteiger partial charge < -0.3 is 5.11 Å². The highest BCUT2D eigenvalue weighted by atomic mass is 35.5. The first-order valence-electron chi connectivity index (χ1n) is 3.73. The van der Waals surface area contributed by atoms with Gasteiger partial charge in [0.05, 0.1) is 18.2 Å². The van der Waals surface area contributed by atoms with Gasteiger partial charge in [0.2, 0.25) is 0 Å². The molecule has 0 radical (unpaired) electrons. The Kier molecular flexibility index (Phi) is 3.51. The van der Waals surface area contributed by atoms with Crippen molar-refractivity contribution in [2.75, 3.05) is 6.61 Å². The fraction of sp³-hybridized carbons (Fsp3) is 0.100. The lowest BCUT2D eigenvalue weighted by Gasteiger charge is -1.94. The number of halogens is 1. The number of aliphatic hydroxyl groups excluding tert-OH is 1. The van der Waals surface area contributed by atoms with Crippen molar-refractivity contribution in [3.63, 3.8) is 0 Å². The molecule has 0 fully saturated rings. The summed E-state index contributed by atoms with van der Waals surface area (Å²) in [5, 5.41) is 17.9. The Morgan fingerprint density at radius 2 is 2.08 bits per heavy atom. The summed E-state index contributed by atoms with van der Waals surface area (Å²) in [5.74, 6) is 0. The van der Waals surface area contributed by atoms with E-state index >= 15 is 0 Å². The summed E-state index contributed by atoms with van der Waals surface area (Å²) in [6.45, 7) is -0.237. The quantitative estimate of drug-likeness (QED) is 0.733. The van der Waals surface area contributed by atoms with Crippen LogP contribution in [0.5, 0.6) is 0 Å². The monoisotopic (exact) mass is 193 g/mol. The molecule has 0 aromatic heterocycles. The summed E-state index contributed by atoms with van der Waals surface area (Å²) in [5.41, 5.74) is 1.19. The minimum Gasteiger partial charge on any atom is -0.391 e. The molecule has 0 heterocycles. The first-order valence-corrected chi connectivity index (χ1v) is 4.11. The minimum absolute atomic E-state index is 0.237. The largest absolute Gasteiger partial charge is 0.391 e. The zero-order valence-electron chi connectivity index (χ0n) is 6.87.